The quantitative estimate of drug-likeness (QED) is 0.621. The maximum Gasteiger partial charge on any atom is 0.275 e. The topological polar surface area (TPSA) is 86.0 Å². The number of rotatable bonds is 3. The molecular weight excluding hydrogens is 424 g/mol. The standard InChI is InChI=1S/C27H28N6O/c1-17-23(25-30-20-14-8-9-15-22(20)32(25)19-12-6-3-7-13-19)27(34)33-26(29-17)24(21(16-28)31-33)18-10-4-2-5-11-18/h2,4-5,8-11,14-15,19,21,24,26,29,31H,3,6-7,12-13H2,1H3. The molecule has 7 nitrogen and oxygen atoms in total. The van der Waals surface area contributed by atoms with E-state index in [4.69, 9.17) is 4.98 Å². The molecule has 7 heteroatoms. The molecule has 0 bridgehead atoms. The molecule has 6 rings (SSSR count). The van der Waals surface area contributed by atoms with Crippen LogP contribution in [0.1, 0.15) is 62.4 Å². The first-order chi connectivity index (χ1) is 16.7. The van der Waals surface area contributed by atoms with Crippen molar-refractivity contribution in [1.29, 1.82) is 5.26 Å². The average Bonchev–Trinajstić information content (AvgIpc) is 3.43. The number of aromatic nitrogens is 2. The number of imidazole rings is 1. The molecule has 1 saturated heterocycles. The summed E-state index contributed by atoms with van der Waals surface area (Å²) in [7, 11) is 0. The van der Waals surface area contributed by atoms with Gasteiger partial charge in [-0.15, -0.1) is 0 Å². The SMILES string of the molecule is CC1=C(c2nc3ccccc3n2C2CCCCC2)C(=O)N2NC(C#N)C(c3ccccc3)C2N1. The van der Waals surface area contributed by atoms with Crippen LogP contribution >= 0.6 is 0 Å². The van der Waals surface area contributed by atoms with Crippen molar-refractivity contribution in [2.45, 2.75) is 63.2 Å². The molecule has 34 heavy (non-hydrogen) atoms. The van der Waals surface area contributed by atoms with Gasteiger partial charge in [-0.2, -0.15) is 5.26 Å². The number of hydrogen-bond donors (Lipinski definition) is 2. The molecule has 0 spiro atoms. The third-order valence-electron chi connectivity index (χ3n) is 7.51. The van der Waals surface area contributed by atoms with Crippen LogP contribution in [-0.4, -0.2) is 32.7 Å². The highest BCUT2D eigenvalue weighted by Crippen LogP contribution is 2.39. The number of fused-ring (bicyclic) bond motifs is 2. The normalized spacial score (nSPS) is 25.4. The van der Waals surface area contributed by atoms with Gasteiger partial charge in [0.15, 0.2) is 0 Å². The summed E-state index contributed by atoms with van der Waals surface area (Å²) in [6.45, 7) is 1.96. The third-order valence-corrected chi connectivity index (χ3v) is 7.51. The first-order valence-electron chi connectivity index (χ1n) is 12.2. The van der Waals surface area contributed by atoms with Gasteiger partial charge in [-0.25, -0.2) is 15.4 Å². The number of nitriles is 1. The number of carbonyl (C=O) groups is 1. The van der Waals surface area contributed by atoms with E-state index in [1.807, 2.05) is 55.5 Å². The van der Waals surface area contributed by atoms with Crippen molar-refractivity contribution in [2.75, 3.05) is 0 Å². The Hall–Kier alpha value is -3.63. The number of nitrogens with zero attached hydrogens (tertiary/aromatic N) is 4. The molecular formula is C27H28N6O. The smallest absolute Gasteiger partial charge is 0.275 e. The molecule has 2 aromatic carbocycles. The van der Waals surface area contributed by atoms with Crippen molar-refractivity contribution in [3.8, 4) is 6.07 Å². The summed E-state index contributed by atoms with van der Waals surface area (Å²) in [6.07, 6.45) is 5.50. The number of hydrogen-bond acceptors (Lipinski definition) is 5. The van der Waals surface area contributed by atoms with Crippen molar-refractivity contribution in [1.82, 2.24) is 25.3 Å². The Morgan fingerprint density at radius 1 is 1.03 bits per heavy atom. The van der Waals surface area contributed by atoms with E-state index in [9.17, 15) is 10.1 Å². The van der Waals surface area contributed by atoms with Crippen LogP contribution in [0.15, 0.2) is 60.3 Å². The molecule has 172 valence electrons. The lowest BCUT2D eigenvalue weighted by molar-refractivity contribution is -0.130. The predicted molar refractivity (Wildman–Crippen MR) is 130 cm³/mol. The fourth-order valence-electron chi connectivity index (χ4n) is 5.92. The van der Waals surface area contributed by atoms with Crippen LogP contribution < -0.4 is 10.7 Å². The van der Waals surface area contributed by atoms with E-state index < -0.39 is 6.04 Å². The monoisotopic (exact) mass is 452 g/mol. The van der Waals surface area contributed by atoms with Crippen LogP contribution in [0.3, 0.4) is 0 Å². The number of allylic oxidation sites excluding steroid dienone is 1. The van der Waals surface area contributed by atoms with Gasteiger partial charge in [-0.3, -0.25) is 4.79 Å². The zero-order valence-corrected chi connectivity index (χ0v) is 19.2. The maximum atomic E-state index is 14.0. The molecule has 1 amide bonds. The highest BCUT2D eigenvalue weighted by Gasteiger charge is 2.49. The molecule has 1 aromatic heterocycles. The average molecular weight is 453 g/mol. The predicted octanol–water partition coefficient (Wildman–Crippen LogP) is 4.22. The summed E-state index contributed by atoms with van der Waals surface area (Å²) >= 11 is 0. The lowest BCUT2D eigenvalue weighted by atomic mass is 9.90. The van der Waals surface area contributed by atoms with Crippen molar-refractivity contribution in [3.05, 3.63) is 71.7 Å². The van der Waals surface area contributed by atoms with Crippen LogP contribution in [0.4, 0.5) is 0 Å². The highest BCUT2D eigenvalue weighted by molar-refractivity contribution is 6.20. The lowest BCUT2D eigenvalue weighted by Crippen LogP contribution is -2.54. The second-order valence-corrected chi connectivity index (χ2v) is 9.52. The van der Waals surface area contributed by atoms with Crippen LogP contribution in [0.5, 0.6) is 0 Å². The Bertz CT molecular complexity index is 1310. The van der Waals surface area contributed by atoms with Gasteiger partial charge in [0, 0.05) is 11.7 Å². The maximum absolute atomic E-state index is 14.0. The number of benzene rings is 2. The van der Waals surface area contributed by atoms with Crippen molar-refractivity contribution >= 4 is 22.5 Å². The molecule has 3 atom stereocenters. The number of hydrazine groups is 1. The van der Waals surface area contributed by atoms with E-state index in [-0.39, 0.29) is 18.0 Å². The minimum atomic E-state index is -0.506. The summed E-state index contributed by atoms with van der Waals surface area (Å²) in [5.41, 5.74) is 7.58. The molecule has 3 unspecified atom stereocenters. The van der Waals surface area contributed by atoms with E-state index in [1.165, 1.54) is 19.3 Å². The Balaban J connectivity index is 1.46. The van der Waals surface area contributed by atoms with Gasteiger partial charge in [0.1, 0.15) is 23.6 Å². The Morgan fingerprint density at radius 3 is 2.53 bits per heavy atom. The first kappa shape index (κ1) is 20.9. The second kappa shape index (κ2) is 8.30. The molecule has 3 aliphatic rings. The summed E-state index contributed by atoms with van der Waals surface area (Å²) in [4.78, 5) is 18.9. The zero-order valence-electron chi connectivity index (χ0n) is 19.2. The number of carbonyl (C=O) groups excluding carboxylic acids is 1. The zero-order chi connectivity index (χ0) is 23.2. The minimum Gasteiger partial charge on any atom is -0.366 e. The van der Waals surface area contributed by atoms with Crippen molar-refractivity contribution in [3.63, 3.8) is 0 Å². The molecule has 3 aromatic rings. The molecule has 2 N–H and O–H groups in total. The van der Waals surface area contributed by atoms with Crippen molar-refractivity contribution < 1.29 is 4.79 Å². The molecule has 1 saturated carbocycles. The van der Waals surface area contributed by atoms with E-state index in [2.05, 4.69) is 27.4 Å². The van der Waals surface area contributed by atoms with Gasteiger partial charge in [-0.05, 0) is 37.5 Å². The number of amides is 1. The molecule has 0 radical (unpaired) electrons. The number of nitrogens with one attached hydrogen (secondary N) is 2. The van der Waals surface area contributed by atoms with E-state index in [1.54, 1.807) is 5.01 Å². The van der Waals surface area contributed by atoms with Gasteiger partial charge in [0.25, 0.3) is 5.91 Å². The Labute approximate surface area is 199 Å². The molecule has 3 heterocycles. The molecule has 1 aliphatic carbocycles. The Morgan fingerprint density at radius 2 is 1.76 bits per heavy atom. The Kier molecular flexibility index (Phi) is 5.11. The van der Waals surface area contributed by atoms with Crippen LogP contribution in [0.25, 0.3) is 16.6 Å². The highest BCUT2D eigenvalue weighted by atomic mass is 16.2. The van der Waals surface area contributed by atoms with Crippen LogP contribution in [0, 0.1) is 11.3 Å². The fourth-order valence-corrected chi connectivity index (χ4v) is 5.92. The van der Waals surface area contributed by atoms with Gasteiger partial charge >= 0.3 is 0 Å². The summed E-state index contributed by atoms with van der Waals surface area (Å²) < 4.78 is 2.29. The minimum absolute atomic E-state index is 0.132. The third kappa shape index (κ3) is 3.21. The van der Waals surface area contributed by atoms with Gasteiger partial charge in [0.05, 0.1) is 23.0 Å². The van der Waals surface area contributed by atoms with Gasteiger partial charge in [-0.1, -0.05) is 61.7 Å². The first-order valence-corrected chi connectivity index (χ1v) is 12.2. The summed E-state index contributed by atoms with van der Waals surface area (Å²) in [6, 6.07) is 20.3. The van der Waals surface area contributed by atoms with E-state index in [0.29, 0.717) is 11.6 Å². The van der Waals surface area contributed by atoms with Gasteiger partial charge < -0.3 is 9.88 Å². The van der Waals surface area contributed by atoms with E-state index >= 15 is 0 Å². The summed E-state index contributed by atoms with van der Waals surface area (Å²) in [5, 5.41) is 15.1. The largest absolute Gasteiger partial charge is 0.366 e. The summed E-state index contributed by atoms with van der Waals surface area (Å²) in [5.74, 6) is 0.413. The van der Waals surface area contributed by atoms with Crippen LogP contribution in [-0.2, 0) is 4.79 Å². The molecule has 2 aliphatic heterocycles. The van der Waals surface area contributed by atoms with Crippen LogP contribution in [0.2, 0.25) is 0 Å². The van der Waals surface area contributed by atoms with Crippen molar-refractivity contribution in [2.24, 2.45) is 0 Å². The van der Waals surface area contributed by atoms with Gasteiger partial charge in [0.2, 0.25) is 0 Å². The second-order valence-electron chi connectivity index (χ2n) is 9.52. The lowest BCUT2D eigenvalue weighted by Gasteiger charge is -2.35. The number of para-hydroxylation sites is 2. The fraction of sp³-hybridized carbons (Fsp3) is 0.370. The molecule has 2 fully saturated rings. The van der Waals surface area contributed by atoms with E-state index in [0.717, 1.165) is 41.0 Å².